The number of cyclic esters (lactones) is 1. The first-order chi connectivity index (χ1) is 39.7. The molecule has 0 fully saturated rings. The van der Waals surface area contributed by atoms with Crippen molar-refractivity contribution in [2.24, 2.45) is 11.8 Å². The zero-order valence-electron chi connectivity index (χ0n) is 52.9. The lowest BCUT2D eigenvalue weighted by Crippen LogP contribution is -2.31. The van der Waals surface area contributed by atoms with E-state index in [0.29, 0.717) is 48.1 Å². The fraction of sp³-hybridized carbons (Fsp3) is 0.794. The number of carbonyl (C=O) groups excluding carboxylic acids is 6. The molecule has 2 atom stereocenters. The first-order valence-corrected chi connectivity index (χ1v) is 32.6. The van der Waals surface area contributed by atoms with Crippen molar-refractivity contribution in [1.82, 2.24) is 0 Å². The molecule has 14 nitrogen and oxygen atoms in total. The van der Waals surface area contributed by atoms with E-state index >= 15 is 0 Å². The highest BCUT2D eigenvalue weighted by Crippen LogP contribution is 2.43. The summed E-state index contributed by atoms with van der Waals surface area (Å²) in [7, 11) is 2.91. The number of fused-ring (bicyclic) bond motifs is 1. The average Bonchev–Trinajstić information content (AvgIpc) is 3.89. The van der Waals surface area contributed by atoms with Gasteiger partial charge in [-0.25, -0.2) is 4.79 Å². The van der Waals surface area contributed by atoms with Gasteiger partial charge in [-0.2, -0.15) is 0 Å². The molecule has 0 spiro atoms. The van der Waals surface area contributed by atoms with E-state index in [-0.39, 0.29) is 81.4 Å². The van der Waals surface area contributed by atoms with Gasteiger partial charge in [-0.15, -0.1) is 0 Å². The third-order valence-electron chi connectivity index (χ3n) is 16.0. The summed E-state index contributed by atoms with van der Waals surface area (Å²) in [4.78, 5) is 76.4. The van der Waals surface area contributed by atoms with E-state index < -0.39 is 24.0 Å². The van der Waals surface area contributed by atoms with Gasteiger partial charge in [-0.3, -0.25) is 24.0 Å². The predicted octanol–water partition coefficient (Wildman–Crippen LogP) is 17.3. The van der Waals surface area contributed by atoms with Gasteiger partial charge in [0, 0.05) is 43.2 Å². The van der Waals surface area contributed by atoms with Crippen LogP contribution in [-0.4, -0.2) is 76.1 Å². The molecule has 0 aliphatic carbocycles. The van der Waals surface area contributed by atoms with Crippen molar-refractivity contribution in [3.05, 3.63) is 33.9 Å². The maximum absolute atomic E-state index is 13.2. The van der Waals surface area contributed by atoms with Crippen LogP contribution in [-0.2, 0) is 65.4 Å². The molecular formula is C68H114O14. The lowest BCUT2D eigenvalue weighted by atomic mass is 9.94. The van der Waals surface area contributed by atoms with Gasteiger partial charge in [0.05, 0.1) is 14.2 Å². The smallest absolute Gasteiger partial charge is 0.342 e. The van der Waals surface area contributed by atoms with E-state index in [2.05, 4.69) is 13.8 Å². The van der Waals surface area contributed by atoms with Crippen LogP contribution in [0.15, 0.2) is 11.6 Å². The van der Waals surface area contributed by atoms with E-state index in [1.165, 1.54) is 136 Å². The van der Waals surface area contributed by atoms with Crippen molar-refractivity contribution in [2.45, 2.75) is 305 Å². The van der Waals surface area contributed by atoms with E-state index in [1.807, 2.05) is 33.8 Å². The Labute approximate surface area is 496 Å². The predicted molar refractivity (Wildman–Crippen MR) is 325 cm³/mol. The monoisotopic (exact) mass is 1150 g/mol. The molecule has 0 N–H and O–H groups in total. The third-order valence-corrected chi connectivity index (χ3v) is 16.0. The summed E-state index contributed by atoms with van der Waals surface area (Å²) in [6.07, 6.45) is 40.6. The van der Waals surface area contributed by atoms with Crippen molar-refractivity contribution in [3.8, 4) is 11.5 Å². The summed E-state index contributed by atoms with van der Waals surface area (Å²) in [6, 6.07) is 0. The standard InChI is InChI=1S/C68H114O14/c1-9-11-13-15-17-19-21-23-25-27-29-31-37-41-61(70)77-49-57(50-78-62(71)42-38-32-30-28-26-24-22-20-18-16-14-12-10-2)82-64(73)48-55(5)40-36-34-33-35-39-54(4)47-63(72)80-52-81-67-58(45-43-53(3)44-46-60(69)75-7)66(76-8)56(6)59-51-79-68(74)65(59)67/h43,54-55,57H,9-42,44-52H2,1-8H3/b53-43+. The van der Waals surface area contributed by atoms with Crippen LogP contribution in [0.2, 0.25) is 0 Å². The molecule has 2 rings (SSSR count). The van der Waals surface area contributed by atoms with Crippen LogP contribution in [0.25, 0.3) is 0 Å². The van der Waals surface area contributed by atoms with Crippen molar-refractivity contribution in [1.29, 1.82) is 0 Å². The third kappa shape index (κ3) is 34.9. The summed E-state index contributed by atoms with van der Waals surface area (Å²) in [5.41, 5.74) is 3.32. The molecule has 2 unspecified atom stereocenters. The second-order valence-corrected chi connectivity index (χ2v) is 23.6. The largest absolute Gasteiger partial charge is 0.496 e. The quantitative estimate of drug-likeness (QED) is 0.0198. The van der Waals surface area contributed by atoms with Crippen LogP contribution in [0.5, 0.6) is 11.5 Å². The molecule has 0 amide bonds. The van der Waals surface area contributed by atoms with E-state index in [1.54, 1.807) is 7.11 Å². The van der Waals surface area contributed by atoms with Crippen LogP contribution >= 0.6 is 0 Å². The van der Waals surface area contributed by atoms with Crippen LogP contribution in [0.3, 0.4) is 0 Å². The van der Waals surface area contributed by atoms with Gasteiger partial charge in [0.1, 0.15) is 36.9 Å². The van der Waals surface area contributed by atoms with Gasteiger partial charge in [0.2, 0.25) is 6.79 Å². The molecule has 0 radical (unpaired) electrons. The number of hydrogen-bond acceptors (Lipinski definition) is 14. The minimum atomic E-state index is -0.863. The summed E-state index contributed by atoms with van der Waals surface area (Å²) < 4.78 is 44.5. The Morgan fingerprint density at radius 2 is 0.963 bits per heavy atom. The first kappa shape index (κ1) is 73.5. The lowest BCUT2D eigenvalue weighted by Gasteiger charge is -2.20. The van der Waals surface area contributed by atoms with Gasteiger partial charge < -0.3 is 37.9 Å². The number of methoxy groups -OCH3 is 2. The van der Waals surface area contributed by atoms with Crippen molar-refractivity contribution >= 4 is 35.8 Å². The molecule has 1 heterocycles. The zero-order valence-corrected chi connectivity index (χ0v) is 52.9. The second-order valence-electron chi connectivity index (χ2n) is 23.6. The SMILES string of the molecule is CCCCCCCCCCCCCCCC(=O)OCC(COC(=O)CCCCCCCCCCCCCCC)OC(=O)CC(C)CCCCCCC(C)CC(=O)OCOc1c(C/C=C(\C)CCC(=O)OC)c(OC)c(C)c2c1C(=O)OC2. The van der Waals surface area contributed by atoms with Crippen LogP contribution in [0.4, 0.5) is 0 Å². The minimum absolute atomic E-state index is 0.0719. The van der Waals surface area contributed by atoms with E-state index in [9.17, 15) is 28.8 Å². The Kier molecular flexibility index (Phi) is 42.8. The second kappa shape index (κ2) is 47.7. The molecule has 1 aliphatic heterocycles. The number of benzene rings is 1. The molecule has 1 aromatic rings. The number of allylic oxidation sites excluding steroid dienone is 2. The molecule has 0 saturated heterocycles. The highest BCUT2D eigenvalue weighted by molar-refractivity contribution is 5.98. The van der Waals surface area contributed by atoms with Crippen molar-refractivity contribution in [3.63, 3.8) is 0 Å². The minimum Gasteiger partial charge on any atom is -0.496 e. The fourth-order valence-corrected chi connectivity index (χ4v) is 10.7. The van der Waals surface area contributed by atoms with Crippen molar-refractivity contribution in [2.75, 3.05) is 34.2 Å². The topological polar surface area (TPSA) is 176 Å². The van der Waals surface area contributed by atoms with Crippen molar-refractivity contribution < 1.29 is 66.7 Å². The number of unbranched alkanes of at least 4 members (excludes halogenated alkanes) is 27. The molecule has 0 aromatic heterocycles. The van der Waals surface area contributed by atoms with Gasteiger partial charge >= 0.3 is 35.8 Å². The first-order valence-electron chi connectivity index (χ1n) is 32.6. The van der Waals surface area contributed by atoms with Gasteiger partial charge in [0.25, 0.3) is 0 Å². The van der Waals surface area contributed by atoms with Gasteiger partial charge in [-0.1, -0.05) is 232 Å². The number of carbonyl (C=O) groups is 6. The summed E-state index contributed by atoms with van der Waals surface area (Å²) in [5.74, 6) is -1.29. The molecule has 0 bridgehead atoms. The summed E-state index contributed by atoms with van der Waals surface area (Å²) in [6.45, 7) is 11.8. The molecular weight excluding hydrogens is 1040 g/mol. The maximum Gasteiger partial charge on any atom is 0.342 e. The number of rotatable bonds is 53. The van der Waals surface area contributed by atoms with E-state index in [0.717, 1.165) is 88.2 Å². The average molecular weight is 1160 g/mol. The summed E-state index contributed by atoms with van der Waals surface area (Å²) >= 11 is 0. The molecule has 1 aliphatic rings. The van der Waals surface area contributed by atoms with Gasteiger partial charge in [-0.05, 0) is 56.9 Å². The Hall–Kier alpha value is -4.62. The maximum atomic E-state index is 13.2. The normalized spacial score (nSPS) is 12.9. The Balaban J connectivity index is 1.76. The Morgan fingerprint density at radius 3 is 1.41 bits per heavy atom. The summed E-state index contributed by atoms with van der Waals surface area (Å²) in [5, 5.41) is 0. The molecule has 1 aromatic carbocycles. The van der Waals surface area contributed by atoms with E-state index in [4.69, 9.17) is 37.9 Å². The number of ether oxygens (including phenoxy) is 8. The molecule has 470 valence electrons. The molecule has 0 saturated carbocycles. The highest BCUT2D eigenvalue weighted by Gasteiger charge is 2.33. The highest BCUT2D eigenvalue weighted by atomic mass is 16.7. The van der Waals surface area contributed by atoms with Gasteiger partial charge in [0.15, 0.2) is 6.10 Å². The van der Waals surface area contributed by atoms with Crippen LogP contribution in [0.1, 0.15) is 306 Å². The molecule has 82 heavy (non-hydrogen) atoms. The number of esters is 6. The lowest BCUT2D eigenvalue weighted by molar-refractivity contribution is -0.167. The van der Waals surface area contributed by atoms with Crippen LogP contribution < -0.4 is 9.47 Å². The number of hydrogen-bond donors (Lipinski definition) is 0. The fourth-order valence-electron chi connectivity index (χ4n) is 10.7. The Bertz CT molecular complexity index is 1910. The van der Waals surface area contributed by atoms with Crippen LogP contribution in [0, 0.1) is 18.8 Å². The zero-order chi connectivity index (χ0) is 60.0. The Morgan fingerprint density at radius 1 is 0.524 bits per heavy atom. The molecule has 14 heteroatoms.